The van der Waals surface area contributed by atoms with Gasteiger partial charge in [0, 0.05) is 12.6 Å². The first kappa shape index (κ1) is 29.7. The Labute approximate surface area is 225 Å². The van der Waals surface area contributed by atoms with E-state index in [0.717, 1.165) is 34.5 Å². The predicted octanol–water partition coefficient (Wildman–Crippen LogP) is 4.54. The predicted molar refractivity (Wildman–Crippen MR) is 139 cm³/mol. The SMILES string of the molecule is Cc1ccc(C[C@H](NC(=O)OCCc2cccc(CCC(C#N)c3ccc(C(F)(F)F)cn3)c2)B(O)O)cc1. The van der Waals surface area contributed by atoms with Crippen LogP contribution >= 0.6 is 0 Å². The smallest absolute Gasteiger partial charge is 0.449 e. The molecular formula is C28H29BF3N3O4. The zero-order chi connectivity index (χ0) is 28.4. The first-order chi connectivity index (χ1) is 18.5. The number of aromatic nitrogens is 1. The molecule has 0 saturated heterocycles. The summed E-state index contributed by atoms with van der Waals surface area (Å²) in [4.78, 5) is 16.1. The number of hydrogen-bond donors (Lipinski definition) is 3. The molecule has 0 aliphatic carbocycles. The molecule has 0 saturated carbocycles. The molecule has 0 radical (unpaired) electrons. The fourth-order valence-electron chi connectivity index (χ4n) is 3.97. The third-order valence-electron chi connectivity index (χ3n) is 6.20. The van der Waals surface area contributed by atoms with Gasteiger partial charge in [-0.2, -0.15) is 18.4 Å². The van der Waals surface area contributed by atoms with Crippen LogP contribution in [0.15, 0.2) is 66.9 Å². The van der Waals surface area contributed by atoms with E-state index in [1.807, 2.05) is 55.5 Å². The molecule has 0 fully saturated rings. The maximum atomic E-state index is 12.8. The highest BCUT2D eigenvalue weighted by atomic mass is 19.4. The van der Waals surface area contributed by atoms with Crippen LogP contribution in [0.1, 0.15) is 45.8 Å². The number of alkyl carbamates (subject to hydrolysis) is 1. The van der Waals surface area contributed by atoms with Crippen molar-refractivity contribution >= 4 is 13.2 Å². The second-order valence-corrected chi connectivity index (χ2v) is 9.25. The Balaban J connectivity index is 1.48. The van der Waals surface area contributed by atoms with Crippen LogP contribution in [-0.2, 0) is 30.2 Å². The molecule has 7 nitrogen and oxygen atoms in total. The van der Waals surface area contributed by atoms with E-state index in [9.17, 15) is 33.3 Å². The van der Waals surface area contributed by atoms with Gasteiger partial charge in [0.1, 0.15) is 0 Å². The number of carbonyl (C=O) groups excluding carboxylic acids is 1. The molecule has 0 bridgehead atoms. The maximum Gasteiger partial charge on any atom is 0.475 e. The van der Waals surface area contributed by atoms with E-state index in [4.69, 9.17) is 4.74 Å². The largest absolute Gasteiger partial charge is 0.475 e. The van der Waals surface area contributed by atoms with E-state index >= 15 is 0 Å². The highest BCUT2D eigenvalue weighted by Gasteiger charge is 2.31. The third kappa shape index (κ3) is 9.43. The van der Waals surface area contributed by atoms with Gasteiger partial charge in [0.15, 0.2) is 0 Å². The van der Waals surface area contributed by atoms with E-state index in [1.54, 1.807) is 0 Å². The molecule has 11 heteroatoms. The zero-order valence-electron chi connectivity index (χ0n) is 21.4. The minimum absolute atomic E-state index is 0.0599. The average molecular weight is 539 g/mol. The van der Waals surface area contributed by atoms with Crippen LogP contribution in [0.4, 0.5) is 18.0 Å². The second kappa shape index (κ2) is 13.8. The lowest BCUT2D eigenvalue weighted by Crippen LogP contribution is -2.48. The maximum absolute atomic E-state index is 12.8. The summed E-state index contributed by atoms with van der Waals surface area (Å²) in [5, 5.41) is 31.3. The van der Waals surface area contributed by atoms with Crippen molar-refractivity contribution in [3.8, 4) is 6.07 Å². The first-order valence-corrected chi connectivity index (χ1v) is 12.4. The van der Waals surface area contributed by atoms with Crippen molar-refractivity contribution < 1.29 is 32.8 Å². The van der Waals surface area contributed by atoms with Crippen LogP contribution in [0.2, 0.25) is 0 Å². The number of hydrogen-bond acceptors (Lipinski definition) is 6. The summed E-state index contributed by atoms with van der Waals surface area (Å²) < 4.78 is 43.5. The molecule has 0 aliphatic rings. The van der Waals surface area contributed by atoms with Gasteiger partial charge in [-0.3, -0.25) is 4.98 Å². The fourth-order valence-corrected chi connectivity index (χ4v) is 3.97. The van der Waals surface area contributed by atoms with Crippen LogP contribution in [-0.4, -0.2) is 40.8 Å². The Bertz CT molecular complexity index is 1260. The molecule has 1 amide bonds. The van der Waals surface area contributed by atoms with Gasteiger partial charge in [-0.15, -0.1) is 0 Å². The Kier molecular flexibility index (Phi) is 10.5. The Morgan fingerprint density at radius 2 is 1.77 bits per heavy atom. The van der Waals surface area contributed by atoms with Gasteiger partial charge < -0.3 is 20.1 Å². The van der Waals surface area contributed by atoms with Gasteiger partial charge in [-0.05, 0) is 55.0 Å². The summed E-state index contributed by atoms with van der Waals surface area (Å²) in [6.45, 7) is 2.00. The van der Waals surface area contributed by atoms with Crippen molar-refractivity contribution in [1.29, 1.82) is 5.26 Å². The molecular weight excluding hydrogens is 510 g/mol. The molecule has 1 heterocycles. The molecule has 3 aromatic rings. The van der Waals surface area contributed by atoms with Crippen LogP contribution in [0.5, 0.6) is 0 Å². The molecule has 39 heavy (non-hydrogen) atoms. The normalized spacial score (nSPS) is 12.7. The quantitative estimate of drug-likeness (QED) is 0.308. The first-order valence-electron chi connectivity index (χ1n) is 12.4. The van der Waals surface area contributed by atoms with E-state index in [0.29, 0.717) is 19.3 Å². The highest BCUT2D eigenvalue weighted by molar-refractivity contribution is 6.43. The number of nitrogens with one attached hydrogen (secondary N) is 1. The molecule has 3 rings (SSSR count). The van der Waals surface area contributed by atoms with Crippen LogP contribution in [0.3, 0.4) is 0 Å². The molecule has 0 aliphatic heterocycles. The average Bonchev–Trinajstić information content (AvgIpc) is 2.90. The number of benzene rings is 2. The summed E-state index contributed by atoms with van der Waals surface area (Å²) in [5.74, 6) is -1.59. The van der Waals surface area contributed by atoms with Crippen molar-refractivity contribution in [1.82, 2.24) is 10.3 Å². The monoisotopic (exact) mass is 539 g/mol. The molecule has 1 unspecified atom stereocenters. The lowest BCUT2D eigenvalue weighted by molar-refractivity contribution is -0.137. The summed E-state index contributed by atoms with van der Waals surface area (Å²) >= 11 is 0. The number of nitrogens with zero attached hydrogens (tertiary/aromatic N) is 2. The van der Waals surface area contributed by atoms with Crippen LogP contribution in [0, 0.1) is 18.3 Å². The number of halogens is 3. The van der Waals surface area contributed by atoms with Crippen molar-refractivity contribution in [2.75, 3.05) is 6.61 Å². The minimum atomic E-state index is -4.48. The fraction of sp³-hybridized carbons (Fsp3) is 0.321. The minimum Gasteiger partial charge on any atom is -0.449 e. The van der Waals surface area contributed by atoms with E-state index in [1.165, 1.54) is 6.07 Å². The van der Waals surface area contributed by atoms with Gasteiger partial charge in [-0.1, -0.05) is 54.1 Å². The number of aryl methyl sites for hydroxylation is 2. The van der Waals surface area contributed by atoms with Crippen molar-refractivity contribution in [2.24, 2.45) is 0 Å². The third-order valence-corrected chi connectivity index (χ3v) is 6.20. The molecule has 204 valence electrons. The summed E-state index contributed by atoms with van der Waals surface area (Å²) in [6.07, 6.45) is -3.00. The lowest BCUT2D eigenvalue weighted by Gasteiger charge is -2.18. The van der Waals surface area contributed by atoms with Crippen LogP contribution in [0.25, 0.3) is 0 Å². The Hall–Kier alpha value is -3.88. The van der Waals surface area contributed by atoms with E-state index < -0.39 is 36.8 Å². The number of ether oxygens (including phenoxy) is 1. The van der Waals surface area contributed by atoms with Crippen molar-refractivity contribution in [3.63, 3.8) is 0 Å². The zero-order valence-corrected chi connectivity index (χ0v) is 21.4. The number of nitriles is 1. The topological polar surface area (TPSA) is 115 Å². The van der Waals surface area contributed by atoms with Gasteiger partial charge in [0.05, 0.1) is 35.8 Å². The van der Waals surface area contributed by atoms with Crippen molar-refractivity contribution in [2.45, 2.75) is 50.6 Å². The number of alkyl halides is 3. The Morgan fingerprint density at radius 1 is 1.08 bits per heavy atom. The van der Waals surface area contributed by atoms with Gasteiger partial charge in [0.2, 0.25) is 0 Å². The highest BCUT2D eigenvalue weighted by Crippen LogP contribution is 2.29. The molecule has 2 atom stereocenters. The lowest BCUT2D eigenvalue weighted by atomic mass is 9.76. The van der Waals surface area contributed by atoms with Gasteiger partial charge >= 0.3 is 19.4 Å². The summed E-state index contributed by atoms with van der Waals surface area (Å²) in [5.41, 5.74) is 3.14. The van der Waals surface area contributed by atoms with Crippen LogP contribution < -0.4 is 5.32 Å². The number of rotatable bonds is 11. The van der Waals surface area contributed by atoms with Gasteiger partial charge in [0.25, 0.3) is 0 Å². The van der Waals surface area contributed by atoms with Crippen molar-refractivity contribution in [3.05, 3.63) is 100 Å². The molecule has 3 N–H and O–H groups in total. The number of pyridine rings is 1. The number of carbonyl (C=O) groups is 1. The second-order valence-electron chi connectivity index (χ2n) is 9.25. The molecule has 2 aromatic carbocycles. The Morgan fingerprint density at radius 3 is 2.36 bits per heavy atom. The van der Waals surface area contributed by atoms with E-state index in [-0.39, 0.29) is 18.7 Å². The summed E-state index contributed by atoms with van der Waals surface area (Å²) in [7, 11) is -1.76. The molecule has 0 spiro atoms. The van der Waals surface area contributed by atoms with E-state index in [2.05, 4.69) is 16.4 Å². The standard InChI is InChI=1S/C28H29BF3N3O4/c1-19-5-7-22(8-6-19)16-26(29(37)38)35-27(36)39-14-13-21-4-2-3-20(15-21)9-10-23(17-33)25-12-11-24(18-34-25)28(30,31)32/h2-8,11-12,15,18,23,26,37-38H,9-10,13-14,16H2,1H3,(H,35,36)/t23?,26-/m0/s1. The number of amides is 1. The molecule has 1 aromatic heterocycles. The van der Waals surface area contributed by atoms with Gasteiger partial charge in [-0.25, -0.2) is 4.79 Å². The summed E-state index contributed by atoms with van der Waals surface area (Å²) in [6, 6.07) is 19.2.